The second kappa shape index (κ2) is 8.45. The second-order valence-corrected chi connectivity index (χ2v) is 8.22. The van der Waals surface area contributed by atoms with Crippen molar-refractivity contribution in [2.75, 3.05) is 11.9 Å². The van der Waals surface area contributed by atoms with Gasteiger partial charge < -0.3 is 10.1 Å². The third-order valence-electron chi connectivity index (χ3n) is 4.93. The number of carbonyl (C=O) groups excluding carboxylic acids is 1. The molecule has 2 heterocycles. The summed E-state index contributed by atoms with van der Waals surface area (Å²) in [5, 5.41) is 4.46. The van der Waals surface area contributed by atoms with Crippen LogP contribution in [0.4, 0.5) is 11.5 Å². The number of anilines is 2. The van der Waals surface area contributed by atoms with Gasteiger partial charge in [-0.2, -0.15) is 0 Å². The fourth-order valence-corrected chi connectivity index (χ4v) is 4.88. The van der Waals surface area contributed by atoms with Crippen molar-refractivity contribution < 1.29 is 9.53 Å². The van der Waals surface area contributed by atoms with Crippen LogP contribution in [0.3, 0.4) is 0 Å². The lowest BCUT2D eigenvalue weighted by molar-refractivity contribution is 0.0512. The number of rotatable bonds is 4. The second-order valence-electron chi connectivity index (χ2n) is 7.14. The van der Waals surface area contributed by atoms with E-state index in [1.54, 1.807) is 18.3 Å². The Bertz CT molecular complexity index is 1000. The summed E-state index contributed by atoms with van der Waals surface area (Å²) in [6.45, 7) is 6.43. The van der Waals surface area contributed by atoms with Crippen LogP contribution in [-0.4, -0.2) is 22.5 Å². The van der Waals surface area contributed by atoms with Gasteiger partial charge in [-0.25, -0.2) is 14.8 Å². The van der Waals surface area contributed by atoms with E-state index in [1.165, 1.54) is 22.4 Å². The maximum atomic E-state index is 12.3. The molecule has 0 aliphatic heterocycles. The molecule has 0 bridgehead atoms. The van der Waals surface area contributed by atoms with Gasteiger partial charge in [-0.3, -0.25) is 0 Å². The molecule has 1 aromatic carbocycles. The van der Waals surface area contributed by atoms with Gasteiger partial charge in [-0.15, -0.1) is 23.7 Å². The highest BCUT2D eigenvalue weighted by atomic mass is 35.5. The molecular weight excluding hydrogens is 394 g/mol. The molecule has 28 heavy (non-hydrogen) atoms. The number of thiophene rings is 1. The molecule has 1 atom stereocenters. The summed E-state index contributed by atoms with van der Waals surface area (Å²) in [6, 6.07) is 8.15. The van der Waals surface area contributed by atoms with Crippen LogP contribution in [-0.2, 0) is 17.6 Å². The van der Waals surface area contributed by atoms with Gasteiger partial charge in [0.25, 0.3) is 0 Å². The van der Waals surface area contributed by atoms with Gasteiger partial charge in [-0.1, -0.05) is 24.6 Å². The van der Waals surface area contributed by atoms with Gasteiger partial charge in [0.1, 0.15) is 10.6 Å². The lowest BCUT2D eigenvalue weighted by Crippen LogP contribution is -2.12. The van der Waals surface area contributed by atoms with Crippen molar-refractivity contribution >= 4 is 51.4 Å². The van der Waals surface area contributed by atoms with E-state index < -0.39 is 5.97 Å². The maximum absolute atomic E-state index is 12.3. The van der Waals surface area contributed by atoms with E-state index in [0.717, 1.165) is 28.7 Å². The molecule has 1 N–H and O–H groups in total. The number of aryl methyl sites for hydroxylation is 2. The molecule has 0 fully saturated rings. The Balaban J connectivity index is 0.00000225. The molecule has 1 unspecified atom stereocenters. The van der Waals surface area contributed by atoms with Crippen molar-refractivity contribution in [3.63, 3.8) is 0 Å². The summed E-state index contributed by atoms with van der Waals surface area (Å²) in [5.74, 6) is 1.01. The van der Waals surface area contributed by atoms with Gasteiger partial charge in [-0.05, 0) is 56.7 Å². The monoisotopic (exact) mass is 417 g/mol. The van der Waals surface area contributed by atoms with Crippen LogP contribution in [0.2, 0.25) is 0 Å². The quantitative estimate of drug-likeness (QED) is 0.570. The van der Waals surface area contributed by atoms with Crippen molar-refractivity contribution in [1.82, 2.24) is 9.97 Å². The Morgan fingerprint density at radius 1 is 1.29 bits per heavy atom. The minimum absolute atomic E-state index is 0. The molecule has 1 aliphatic rings. The van der Waals surface area contributed by atoms with Crippen LogP contribution in [0.1, 0.15) is 46.9 Å². The van der Waals surface area contributed by atoms with Crippen LogP contribution >= 0.6 is 23.7 Å². The lowest BCUT2D eigenvalue weighted by Gasteiger charge is -2.18. The standard InChI is InChI=1S/C21H23N3O2S.ClH/c1-4-26-21(25)19-23-18(22-14-8-5-12(2)6-9-14)17-15-10-7-13(3)11-16(15)27-20(17)24-19;/h5-6,8-9,13H,4,7,10-11H2,1-3H3,(H,22,23,24);1H. The highest BCUT2D eigenvalue weighted by Crippen LogP contribution is 2.40. The SMILES string of the molecule is CCOC(=O)c1nc(Nc2ccc(C)cc2)c2c3c(sc2n1)CC(C)CC3.Cl. The van der Waals surface area contributed by atoms with Crippen LogP contribution in [0.15, 0.2) is 24.3 Å². The molecule has 0 saturated carbocycles. The van der Waals surface area contributed by atoms with E-state index in [2.05, 4.69) is 41.3 Å². The first-order valence-corrected chi connectivity index (χ1v) is 10.2. The number of hydrogen-bond donors (Lipinski definition) is 1. The van der Waals surface area contributed by atoms with Crippen LogP contribution < -0.4 is 5.32 Å². The molecule has 0 spiro atoms. The molecular formula is C21H24ClN3O2S. The number of carbonyl (C=O) groups is 1. The summed E-state index contributed by atoms with van der Waals surface area (Å²) in [7, 11) is 0. The topological polar surface area (TPSA) is 64.1 Å². The number of ether oxygens (including phenoxy) is 1. The number of nitrogens with one attached hydrogen (secondary N) is 1. The molecule has 0 amide bonds. The van der Waals surface area contributed by atoms with Crippen molar-refractivity contribution in [3.05, 3.63) is 46.1 Å². The molecule has 0 saturated heterocycles. The highest BCUT2D eigenvalue weighted by Gasteiger charge is 2.25. The Kier molecular flexibility index (Phi) is 6.20. The molecule has 1 aliphatic carbocycles. The van der Waals surface area contributed by atoms with Crippen molar-refractivity contribution in [1.29, 1.82) is 0 Å². The van der Waals surface area contributed by atoms with E-state index in [-0.39, 0.29) is 18.2 Å². The number of esters is 1. The zero-order valence-corrected chi connectivity index (χ0v) is 17.9. The van der Waals surface area contributed by atoms with Gasteiger partial charge in [0.15, 0.2) is 0 Å². The third kappa shape index (κ3) is 3.98. The first-order chi connectivity index (χ1) is 13.0. The predicted molar refractivity (Wildman–Crippen MR) is 116 cm³/mol. The summed E-state index contributed by atoms with van der Waals surface area (Å²) in [4.78, 5) is 23.6. The molecule has 148 valence electrons. The maximum Gasteiger partial charge on any atom is 0.376 e. The molecule has 7 heteroatoms. The minimum atomic E-state index is -0.480. The Labute approximate surface area is 175 Å². The minimum Gasteiger partial charge on any atom is -0.460 e. The first-order valence-electron chi connectivity index (χ1n) is 9.38. The Hall–Kier alpha value is -2.18. The largest absolute Gasteiger partial charge is 0.460 e. The summed E-state index contributed by atoms with van der Waals surface area (Å²) in [5.41, 5.74) is 3.47. The number of benzene rings is 1. The first kappa shape index (κ1) is 20.6. The van der Waals surface area contributed by atoms with Crippen LogP contribution in [0.5, 0.6) is 0 Å². The van der Waals surface area contributed by atoms with E-state index in [1.807, 2.05) is 12.1 Å². The fraction of sp³-hybridized carbons (Fsp3) is 0.381. The van der Waals surface area contributed by atoms with Crippen molar-refractivity contribution in [2.45, 2.75) is 40.0 Å². The van der Waals surface area contributed by atoms with Crippen LogP contribution in [0.25, 0.3) is 10.2 Å². The Morgan fingerprint density at radius 3 is 2.75 bits per heavy atom. The van der Waals surface area contributed by atoms with Gasteiger partial charge in [0.05, 0.1) is 12.0 Å². The van der Waals surface area contributed by atoms with E-state index >= 15 is 0 Å². The third-order valence-corrected chi connectivity index (χ3v) is 6.08. The van der Waals surface area contributed by atoms with Gasteiger partial charge >= 0.3 is 5.97 Å². The van der Waals surface area contributed by atoms with Crippen molar-refractivity contribution in [2.24, 2.45) is 5.92 Å². The summed E-state index contributed by atoms with van der Waals surface area (Å²) >= 11 is 1.68. The number of halogens is 1. The number of hydrogen-bond acceptors (Lipinski definition) is 6. The fourth-order valence-electron chi connectivity index (χ4n) is 3.49. The van der Waals surface area contributed by atoms with E-state index in [0.29, 0.717) is 18.3 Å². The molecule has 4 rings (SSSR count). The Morgan fingerprint density at radius 2 is 2.04 bits per heavy atom. The highest BCUT2D eigenvalue weighted by molar-refractivity contribution is 7.19. The van der Waals surface area contributed by atoms with Gasteiger partial charge in [0.2, 0.25) is 5.82 Å². The lowest BCUT2D eigenvalue weighted by atomic mass is 9.89. The predicted octanol–water partition coefficient (Wildman–Crippen LogP) is 5.47. The zero-order valence-electron chi connectivity index (χ0n) is 16.2. The number of nitrogens with zero attached hydrogens (tertiary/aromatic N) is 2. The van der Waals surface area contributed by atoms with Crippen LogP contribution in [0, 0.1) is 12.8 Å². The smallest absolute Gasteiger partial charge is 0.376 e. The molecule has 5 nitrogen and oxygen atoms in total. The summed E-state index contributed by atoms with van der Waals surface area (Å²) < 4.78 is 5.13. The average Bonchev–Trinajstić information content (AvgIpc) is 3.01. The molecule has 2 aromatic heterocycles. The normalized spacial score (nSPS) is 15.6. The molecule has 3 aromatic rings. The zero-order chi connectivity index (χ0) is 19.0. The number of aromatic nitrogens is 2. The van der Waals surface area contributed by atoms with E-state index in [9.17, 15) is 4.79 Å². The number of fused-ring (bicyclic) bond motifs is 3. The average molecular weight is 418 g/mol. The van der Waals surface area contributed by atoms with E-state index in [4.69, 9.17) is 4.74 Å². The van der Waals surface area contributed by atoms with Crippen molar-refractivity contribution in [3.8, 4) is 0 Å². The summed E-state index contributed by atoms with van der Waals surface area (Å²) in [6.07, 6.45) is 3.26. The molecule has 0 radical (unpaired) electrons. The van der Waals surface area contributed by atoms with Gasteiger partial charge in [0, 0.05) is 10.6 Å².